The van der Waals surface area contributed by atoms with Crippen molar-refractivity contribution in [2.24, 2.45) is 11.8 Å². The highest BCUT2D eigenvalue weighted by molar-refractivity contribution is 9.09. The molecular weight excluding hydrogens is 156 g/mol. The maximum Gasteiger partial charge on any atom is 0.124 e. The van der Waals surface area contributed by atoms with E-state index < -0.39 is 0 Å². The van der Waals surface area contributed by atoms with Crippen LogP contribution in [0.2, 0.25) is 0 Å². The molecule has 3 atom stereocenters. The highest BCUT2D eigenvalue weighted by atomic mass is 79.9. The SMILES string of the molecule is C[C@H]1[C@H](Br)[C@H]1C=O. The van der Waals surface area contributed by atoms with Gasteiger partial charge in [0.1, 0.15) is 6.29 Å². The molecule has 0 unspecified atom stereocenters. The van der Waals surface area contributed by atoms with Crippen LogP contribution >= 0.6 is 15.9 Å². The molecule has 0 N–H and O–H groups in total. The van der Waals surface area contributed by atoms with Crippen molar-refractivity contribution in [3.63, 3.8) is 0 Å². The molecule has 0 aromatic carbocycles. The van der Waals surface area contributed by atoms with Crippen LogP contribution in [0.15, 0.2) is 0 Å². The fraction of sp³-hybridized carbons (Fsp3) is 0.800. The van der Waals surface area contributed by atoms with Crippen molar-refractivity contribution in [3.05, 3.63) is 0 Å². The minimum Gasteiger partial charge on any atom is -0.303 e. The summed E-state index contributed by atoms with van der Waals surface area (Å²) >= 11 is 3.34. The van der Waals surface area contributed by atoms with Gasteiger partial charge in [-0.3, -0.25) is 0 Å². The second-order valence-electron chi connectivity index (χ2n) is 2.02. The predicted molar refractivity (Wildman–Crippen MR) is 31.4 cm³/mol. The van der Waals surface area contributed by atoms with E-state index in [1.54, 1.807) is 0 Å². The Balaban J connectivity index is 2.37. The van der Waals surface area contributed by atoms with Gasteiger partial charge in [-0.15, -0.1) is 0 Å². The first-order valence-corrected chi connectivity index (χ1v) is 3.28. The number of halogens is 1. The maximum absolute atomic E-state index is 9.96. The summed E-state index contributed by atoms with van der Waals surface area (Å²) in [5.41, 5.74) is 0. The summed E-state index contributed by atoms with van der Waals surface area (Å²) in [7, 11) is 0. The van der Waals surface area contributed by atoms with Crippen molar-refractivity contribution in [1.29, 1.82) is 0 Å². The zero-order valence-electron chi connectivity index (χ0n) is 4.10. The summed E-state index contributed by atoms with van der Waals surface area (Å²) in [5.74, 6) is 0.887. The molecule has 7 heavy (non-hydrogen) atoms. The molecule has 1 aliphatic carbocycles. The molecule has 0 aromatic rings. The molecule has 0 aromatic heterocycles. The van der Waals surface area contributed by atoms with Crippen LogP contribution in [0.3, 0.4) is 0 Å². The lowest BCUT2D eigenvalue weighted by Gasteiger charge is -1.66. The Kier molecular flexibility index (Phi) is 1.20. The minimum atomic E-state index is 0.306. The predicted octanol–water partition coefficient (Wildman–Crippen LogP) is 1.21. The van der Waals surface area contributed by atoms with Gasteiger partial charge in [0.25, 0.3) is 0 Å². The van der Waals surface area contributed by atoms with E-state index >= 15 is 0 Å². The van der Waals surface area contributed by atoms with Crippen molar-refractivity contribution in [3.8, 4) is 0 Å². The summed E-state index contributed by atoms with van der Waals surface area (Å²) in [6, 6.07) is 0. The maximum atomic E-state index is 9.96. The van der Waals surface area contributed by atoms with E-state index in [4.69, 9.17) is 0 Å². The molecular formula is C5H7BrO. The zero-order chi connectivity index (χ0) is 5.44. The molecule has 0 heterocycles. The standard InChI is InChI=1S/C5H7BrO/c1-3-4(2-7)5(3)6/h2-5H,1H3/t3-,4+,5+/m1/s1. The highest BCUT2D eigenvalue weighted by Gasteiger charge is 2.44. The summed E-state index contributed by atoms with van der Waals surface area (Å²) in [4.78, 5) is 10.4. The average Bonchev–Trinajstić information content (AvgIpc) is 2.17. The molecule has 1 aliphatic rings. The van der Waals surface area contributed by atoms with Crippen molar-refractivity contribution in [2.45, 2.75) is 11.8 Å². The highest BCUT2D eigenvalue weighted by Crippen LogP contribution is 2.42. The largest absolute Gasteiger partial charge is 0.303 e. The molecule has 40 valence electrons. The number of rotatable bonds is 1. The molecule has 2 heteroatoms. The monoisotopic (exact) mass is 162 g/mol. The first-order chi connectivity index (χ1) is 3.27. The quantitative estimate of drug-likeness (QED) is 0.419. The van der Waals surface area contributed by atoms with Gasteiger partial charge >= 0.3 is 0 Å². The number of aldehydes is 1. The van der Waals surface area contributed by atoms with E-state index in [0.29, 0.717) is 16.7 Å². The molecule has 0 spiro atoms. The Labute approximate surface area is 51.2 Å². The first-order valence-electron chi connectivity index (χ1n) is 2.36. The van der Waals surface area contributed by atoms with Gasteiger partial charge in [-0.2, -0.15) is 0 Å². The Morgan fingerprint density at radius 1 is 1.71 bits per heavy atom. The van der Waals surface area contributed by atoms with Crippen LogP contribution in [0, 0.1) is 11.8 Å². The second-order valence-corrected chi connectivity index (χ2v) is 3.07. The number of carbonyl (C=O) groups is 1. The van der Waals surface area contributed by atoms with Gasteiger partial charge in [-0.25, -0.2) is 0 Å². The summed E-state index contributed by atoms with van der Waals surface area (Å²) in [6.07, 6.45) is 1.02. The van der Waals surface area contributed by atoms with E-state index in [2.05, 4.69) is 22.9 Å². The van der Waals surface area contributed by atoms with Gasteiger partial charge in [-0.05, 0) is 5.92 Å². The lowest BCUT2D eigenvalue weighted by Crippen LogP contribution is -1.76. The number of hydrogen-bond acceptors (Lipinski definition) is 1. The fourth-order valence-corrected chi connectivity index (χ4v) is 1.42. The van der Waals surface area contributed by atoms with Crippen LogP contribution in [0.1, 0.15) is 6.92 Å². The normalized spacial score (nSPS) is 48.6. The van der Waals surface area contributed by atoms with Crippen molar-refractivity contribution >= 4 is 22.2 Å². The van der Waals surface area contributed by atoms with E-state index in [1.807, 2.05) is 0 Å². The summed E-state index contributed by atoms with van der Waals surface area (Å²) in [5, 5.41) is 0. The van der Waals surface area contributed by atoms with Crippen molar-refractivity contribution in [2.75, 3.05) is 0 Å². The van der Waals surface area contributed by atoms with Crippen LogP contribution in [0.4, 0.5) is 0 Å². The third kappa shape index (κ3) is 0.717. The third-order valence-electron chi connectivity index (χ3n) is 1.49. The van der Waals surface area contributed by atoms with E-state index in [0.717, 1.165) is 6.29 Å². The van der Waals surface area contributed by atoms with Gasteiger partial charge in [0, 0.05) is 10.7 Å². The summed E-state index contributed by atoms with van der Waals surface area (Å²) in [6.45, 7) is 2.07. The average molecular weight is 163 g/mol. The molecule has 1 saturated carbocycles. The van der Waals surface area contributed by atoms with Crippen LogP contribution in [-0.2, 0) is 4.79 Å². The molecule has 1 fully saturated rings. The number of carbonyl (C=O) groups excluding carboxylic acids is 1. The molecule has 0 saturated heterocycles. The van der Waals surface area contributed by atoms with Crippen LogP contribution < -0.4 is 0 Å². The topological polar surface area (TPSA) is 17.1 Å². The second kappa shape index (κ2) is 1.58. The molecule has 1 nitrogen and oxygen atoms in total. The van der Waals surface area contributed by atoms with Gasteiger partial charge in [0.15, 0.2) is 0 Å². The smallest absolute Gasteiger partial charge is 0.124 e. The van der Waals surface area contributed by atoms with Crippen LogP contribution in [0.25, 0.3) is 0 Å². The number of alkyl halides is 1. The zero-order valence-corrected chi connectivity index (χ0v) is 5.68. The molecule has 1 rings (SSSR count). The Hall–Kier alpha value is 0.150. The van der Waals surface area contributed by atoms with E-state index in [-0.39, 0.29) is 0 Å². The third-order valence-corrected chi connectivity index (χ3v) is 2.94. The Bertz CT molecular complexity index is 84.1. The molecule has 0 aliphatic heterocycles. The van der Waals surface area contributed by atoms with Crippen LogP contribution in [0.5, 0.6) is 0 Å². The molecule has 0 amide bonds. The molecule has 0 bridgehead atoms. The van der Waals surface area contributed by atoms with Gasteiger partial charge in [-0.1, -0.05) is 22.9 Å². The van der Waals surface area contributed by atoms with Gasteiger partial charge in [0.05, 0.1) is 0 Å². The number of hydrogen-bond donors (Lipinski definition) is 0. The van der Waals surface area contributed by atoms with Crippen molar-refractivity contribution in [1.82, 2.24) is 0 Å². The first kappa shape index (κ1) is 5.29. The lowest BCUT2D eigenvalue weighted by molar-refractivity contribution is -0.109. The van der Waals surface area contributed by atoms with Gasteiger partial charge < -0.3 is 4.79 Å². The van der Waals surface area contributed by atoms with Crippen molar-refractivity contribution < 1.29 is 4.79 Å². The van der Waals surface area contributed by atoms with E-state index in [1.165, 1.54) is 0 Å². The summed E-state index contributed by atoms with van der Waals surface area (Å²) < 4.78 is 0. The molecule has 0 radical (unpaired) electrons. The lowest BCUT2D eigenvalue weighted by atomic mass is 10.4. The minimum absolute atomic E-state index is 0.306. The van der Waals surface area contributed by atoms with Gasteiger partial charge in [0.2, 0.25) is 0 Å². The van der Waals surface area contributed by atoms with Crippen LogP contribution in [-0.4, -0.2) is 11.1 Å². The fourth-order valence-electron chi connectivity index (χ4n) is 0.642. The Morgan fingerprint density at radius 2 is 2.14 bits per heavy atom. The Morgan fingerprint density at radius 3 is 2.14 bits per heavy atom. The van der Waals surface area contributed by atoms with E-state index in [9.17, 15) is 4.79 Å².